The minimum atomic E-state index is -0.157. The topological polar surface area (TPSA) is 65.2 Å². The minimum Gasteiger partial charge on any atom is -0.368 e. The summed E-state index contributed by atoms with van der Waals surface area (Å²) in [5.41, 5.74) is 4.88. The highest BCUT2D eigenvalue weighted by molar-refractivity contribution is 9.10. The number of amides is 1. The fourth-order valence-electron chi connectivity index (χ4n) is 4.23. The van der Waals surface area contributed by atoms with Crippen molar-refractivity contribution in [2.24, 2.45) is 0 Å². The second-order valence-corrected chi connectivity index (χ2v) is 9.90. The summed E-state index contributed by atoms with van der Waals surface area (Å²) in [4.78, 5) is 30.5. The van der Waals surface area contributed by atoms with Crippen molar-refractivity contribution in [2.75, 3.05) is 23.0 Å². The summed E-state index contributed by atoms with van der Waals surface area (Å²) in [6.45, 7) is 9.05. The summed E-state index contributed by atoms with van der Waals surface area (Å²) in [6, 6.07) is 6.24. The van der Waals surface area contributed by atoms with Crippen LogP contribution < -0.4 is 15.8 Å². The first-order chi connectivity index (χ1) is 14.3. The van der Waals surface area contributed by atoms with Gasteiger partial charge < -0.3 is 15.2 Å². The van der Waals surface area contributed by atoms with E-state index >= 15 is 0 Å². The van der Waals surface area contributed by atoms with Gasteiger partial charge in [-0.3, -0.25) is 9.59 Å². The second kappa shape index (κ2) is 10.1. The van der Waals surface area contributed by atoms with Crippen molar-refractivity contribution in [3.05, 3.63) is 61.0 Å². The van der Waals surface area contributed by atoms with Crippen LogP contribution in [0.15, 0.2) is 27.5 Å². The number of anilines is 1. The van der Waals surface area contributed by atoms with E-state index in [1.165, 1.54) is 11.5 Å². The van der Waals surface area contributed by atoms with Crippen LogP contribution in [0.1, 0.15) is 52.5 Å². The molecule has 0 bridgehead atoms. The fraction of sp³-hybridized carbons (Fsp3) is 0.478. The Kier molecular flexibility index (Phi) is 7.69. The Bertz CT molecular complexity index is 983. The molecule has 1 fully saturated rings. The van der Waals surface area contributed by atoms with E-state index < -0.39 is 0 Å². The number of halogens is 1. The molecule has 1 saturated heterocycles. The largest absolute Gasteiger partial charge is 0.368 e. The number of carbonyl (C=O) groups is 1. The zero-order valence-electron chi connectivity index (χ0n) is 18.1. The normalized spacial score (nSPS) is 14.6. The molecule has 0 spiro atoms. The third-order valence-corrected chi connectivity index (χ3v) is 7.49. The van der Waals surface area contributed by atoms with E-state index in [2.05, 4.69) is 38.1 Å². The number of thioether (sulfide) groups is 1. The lowest BCUT2D eigenvalue weighted by Crippen LogP contribution is -2.39. The minimum absolute atomic E-state index is 0.145. The highest BCUT2D eigenvalue weighted by Gasteiger charge is 2.25. The summed E-state index contributed by atoms with van der Waals surface area (Å²) in [7, 11) is 0. The van der Waals surface area contributed by atoms with Crippen LogP contribution in [0.4, 0.5) is 5.69 Å². The van der Waals surface area contributed by atoms with Crippen LogP contribution in [-0.4, -0.2) is 35.0 Å². The van der Waals surface area contributed by atoms with Gasteiger partial charge in [-0.25, -0.2) is 0 Å². The molecule has 5 nitrogen and oxygen atoms in total. The van der Waals surface area contributed by atoms with E-state index in [0.717, 1.165) is 46.4 Å². The molecule has 162 valence electrons. The highest BCUT2D eigenvalue weighted by atomic mass is 79.9. The summed E-state index contributed by atoms with van der Waals surface area (Å²) < 4.78 is 1.02. The summed E-state index contributed by atoms with van der Waals surface area (Å²) in [6.07, 6.45) is 2.33. The van der Waals surface area contributed by atoms with Gasteiger partial charge in [-0.2, -0.15) is 11.8 Å². The standard InChI is InChI=1S/C23H30BrN3O2S/c1-5-27(17-8-10-30-11-9-17)21-16(4)18(6-7-20(21)24)22(28)25-13-19-14(2)12-15(3)26-23(19)29/h6-7,12,17H,5,8-11,13H2,1-4H3,(H,25,28)(H,26,29). The number of hydrogen-bond donors (Lipinski definition) is 2. The van der Waals surface area contributed by atoms with Crippen molar-refractivity contribution in [2.45, 2.75) is 53.1 Å². The van der Waals surface area contributed by atoms with Gasteiger partial charge in [0.2, 0.25) is 0 Å². The van der Waals surface area contributed by atoms with E-state index in [1.54, 1.807) is 0 Å². The Morgan fingerprint density at radius 2 is 1.97 bits per heavy atom. The Labute approximate surface area is 191 Å². The number of hydrogen-bond acceptors (Lipinski definition) is 4. The monoisotopic (exact) mass is 491 g/mol. The third-order valence-electron chi connectivity index (χ3n) is 5.81. The number of rotatable bonds is 6. The van der Waals surface area contributed by atoms with Crippen LogP contribution in [0.5, 0.6) is 0 Å². The van der Waals surface area contributed by atoms with Gasteiger partial charge in [-0.05, 0) is 97.3 Å². The molecule has 0 unspecified atom stereocenters. The van der Waals surface area contributed by atoms with Gasteiger partial charge in [-0.1, -0.05) is 0 Å². The van der Waals surface area contributed by atoms with E-state index in [4.69, 9.17) is 0 Å². The average molecular weight is 492 g/mol. The number of aromatic amines is 1. The number of carbonyl (C=O) groups excluding carboxylic acids is 1. The van der Waals surface area contributed by atoms with Gasteiger partial charge in [0.15, 0.2) is 0 Å². The number of benzene rings is 1. The fourth-order valence-corrected chi connectivity index (χ4v) is 5.97. The number of aromatic nitrogens is 1. The SMILES string of the molecule is CCN(c1c(Br)ccc(C(=O)NCc2c(C)cc(C)[nH]c2=O)c1C)C1CCSCC1. The quantitative estimate of drug-likeness (QED) is 0.613. The first-order valence-electron chi connectivity index (χ1n) is 10.4. The second-order valence-electron chi connectivity index (χ2n) is 7.82. The van der Waals surface area contributed by atoms with Crippen LogP contribution in [-0.2, 0) is 6.54 Å². The Balaban J connectivity index is 1.85. The van der Waals surface area contributed by atoms with Crippen molar-refractivity contribution in [3.63, 3.8) is 0 Å². The first kappa shape index (κ1) is 22.9. The molecule has 2 aromatic rings. The number of H-pyrrole nitrogens is 1. The van der Waals surface area contributed by atoms with E-state index in [0.29, 0.717) is 17.2 Å². The average Bonchev–Trinajstić information content (AvgIpc) is 2.70. The van der Waals surface area contributed by atoms with E-state index in [-0.39, 0.29) is 18.0 Å². The van der Waals surface area contributed by atoms with Gasteiger partial charge in [0.1, 0.15) is 0 Å². The van der Waals surface area contributed by atoms with Crippen LogP contribution in [0, 0.1) is 20.8 Å². The molecule has 1 aliphatic rings. The Morgan fingerprint density at radius 3 is 2.60 bits per heavy atom. The first-order valence-corrected chi connectivity index (χ1v) is 12.4. The molecule has 1 aromatic heterocycles. The van der Waals surface area contributed by atoms with E-state index in [9.17, 15) is 9.59 Å². The molecule has 1 aliphatic heterocycles. The lowest BCUT2D eigenvalue weighted by Gasteiger charge is -2.37. The van der Waals surface area contributed by atoms with Crippen LogP contribution in [0.2, 0.25) is 0 Å². The molecule has 0 atom stereocenters. The van der Waals surface area contributed by atoms with Crippen molar-refractivity contribution in [1.82, 2.24) is 10.3 Å². The van der Waals surface area contributed by atoms with Gasteiger partial charge >= 0.3 is 0 Å². The van der Waals surface area contributed by atoms with E-state index in [1.807, 2.05) is 50.7 Å². The summed E-state index contributed by atoms with van der Waals surface area (Å²) in [5, 5.41) is 2.94. The molecule has 30 heavy (non-hydrogen) atoms. The molecule has 0 radical (unpaired) electrons. The smallest absolute Gasteiger partial charge is 0.253 e. The molecular formula is C23H30BrN3O2S. The predicted octanol–water partition coefficient (Wildman–Crippen LogP) is 4.71. The molecule has 0 saturated carbocycles. The molecule has 1 aromatic carbocycles. The maximum absolute atomic E-state index is 13.0. The third kappa shape index (κ3) is 4.94. The van der Waals surface area contributed by atoms with Crippen LogP contribution in [0.3, 0.4) is 0 Å². The zero-order chi connectivity index (χ0) is 21.8. The molecular weight excluding hydrogens is 462 g/mol. The molecule has 1 amide bonds. The molecule has 3 rings (SSSR count). The summed E-state index contributed by atoms with van der Waals surface area (Å²) >= 11 is 5.73. The van der Waals surface area contributed by atoms with Crippen molar-refractivity contribution in [1.29, 1.82) is 0 Å². The molecule has 0 aliphatic carbocycles. The zero-order valence-corrected chi connectivity index (χ0v) is 20.5. The van der Waals surface area contributed by atoms with Crippen molar-refractivity contribution < 1.29 is 4.79 Å². The Morgan fingerprint density at radius 1 is 1.27 bits per heavy atom. The lowest BCUT2D eigenvalue weighted by atomic mass is 10.0. The van der Waals surface area contributed by atoms with Crippen LogP contribution >= 0.6 is 27.7 Å². The van der Waals surface area contributed by atoms with Crippen molar-refractivity contribution >= 4 is 39.3 Å². The highest BCUT2D eigenvalue weighted by Crippen LogP contribution is 2.36. The number of pyridine rings is 1. The molecule has 2 heterocycles. The number of nitrogens with zero attached hydrogens (tertiary/aromatic N) is 1. The lowest BCUT2D eigenvalue weighted by molar-refractivity contribution is 0.0950. The predicted molar refractivity (Wildman–Crippen MR) is 130 cm³/mol. The van der Waals surface area contributed by atoms with Gasteiger partial charge in [0.05, 0.1) is 5.69 Å². The van der Waals surface area contributed by atoms with Crippen molar-refractivity contribution in [3.8, 4) is 0 Å². The van der Waals surface area contributed by atoms with Gasteiger partial charge in [-0.15, -0.1) is 0 Å². The maximum Gasteiger partial charge on any atom is 0.253 e. The maximum atomic E-state index is 13.0. The number of nitrogens with one attached hydrogen (secondary N) is 2. The van der Waals surface area contributed by atoms with Gasteiger partial charge in [0, 0.05) is 40.4 Å². The summed E-state index contributed by atoms with van der Waals surface area (Å²) in [5.74, 6) is 2.21. The van der Waals surface area contributed by atoms with Gasteiger partial charge in [0.25, 0.3) is 11.5 Å². The molecule has 2 N–H and O–H groups in total. The Hall–Kier alpha value is -1.73. The van der Waals surface area contributed by atoms with Crippen LogP contribution in [0.25, 0.3) is 0 Å². The molecule has 7 heteroatoms. The number of aryl methyl sites for hydroxylation is 2.